The van der Waals surface area contributed by atoms with Crippen LogP contribution in [0.15, 0.2) is 77.7 Å². The molecule has 0 saturated carbocycles. The van der Waals surface area contributed by atoms with Crippen LogP contribution in [0.2, 0.25) is 0 Å². The molecule has 0 unspecified atom stereocenters. The van der Waals surface area contributed by atoms with Gasteiger partial charge in [0.15, 0.2) is 0 Å². The van der Waals surface area contributed by atoms with Crippen LogP contribution < -0.4 is 10.9 Å². The summed E-state index contributed by atoms with van der Waals surface area (Å²) in [5.74, 6) is -0.559. The summed E-state index contributed by atoms with van der Waals surface area (Å²) in [6.07, 6.45) is -3.94. The van der Waals surface area contributed by atoms with Gasteiger partial charge in [-0.3, -0.25) is 9.59 Å². The van der Waals surface area contributed by atoms with Gasteiger partial charge < -0.3 is 14.6 Å². The molecule has 0 radical (unpaired) electrons. The number of hydrogen-bond donors (Lipinski definition) is 1. The fourth-order valence-corrected chi connectivity index (χ4v) is 2.85. The zero-order chi connectivity index (χ0) is 22.3. The molecule has 8 heteroatoms. The maximum Gasteiger partial charge on any atom is 0.417 e. The number of rotatable bonds is 8. The molecule has 5 nitrogen and oxygen atoms in total. The van der Waals surface area contributed by atoms with Crippen LogP contribution in [0, 0.1) is 0 Å². The first-order valence-corrected chi connectivity index (χ1v) is 9.55. The second-order valence-electron chi connectivity index (χ2n) is 6.95. The lowest BCUT2D eigenvalue weighted by Gasteiger charge is -2.11. The van der Waals surface area contributed by atoms with Crippen molar-refractivity contribution in [3.63, 3.8) is 0 Å². The van der Waals surface area contributed by atoms with E-state index in [0.29, 0.717) is 25.5 Å². The fraction of sp³-hybridized carbons (Fsp3) is 0.217. The monoisotopic (exact) mass is 430 g/mol. The number of hydrogen-bond acceptors (Lipinski definition) is 3. The number of carbonyl (C=O) groups excluding carboxylic acids is 1. The Morgan fingerprint density at radius 3 is 2.13 bits per heavy atom. The molecule has 0 bridgehead atoms. The smallest absolute Gasteiger partial charge is 0.372 e. The van der Waals surface area contributed by atoms with Gasteiger partial charge in [0.1, 0.15) is 6.54 Å². The summed E-state index contributed by atoms with van der Waals surface area (Å²) >= 11 is 0. The molecule has 0 spiro atoms. The lowest BCUT2D eigenvalue weighted by atomic mass is 10.1. The average Bonchev–Trinajstić information content (AvgIpc) is 2.75. The van der Waals surface area contributed by atoms with E-state index >= 15 is 0 Å². The Balaban J connectivity index is 1.48. The standard InChI is InChI=1S/C23H21F3N2O3/c24-23(25,26)20-10-11-22(30)28(13-20)14-21(29)27-12-17-6-8-19(9-7-17)16-31-15-18-4-2-1-3-5-18/h1-11,13H,12,14-16H2,(H,27,29). The molecule has 0 saturated heterocycles. The van der Waals surface area contributed by atoms with Gasteiger partial charge in [0.2, 0.25) is 5.91 Å². The number of ether oxygens (including phenoxy) is 1. The Bertz CT molecular complexity index is 1060. The minimum atomic E-state index is -4.58. The summed E-state index contributed by atoms with van der Waals surface area (Å²) < 4.78 is 44.7. The van der Waals surface area contributed by atoms with Crippen molar-refractivity contribution < 1.29 is 22.7 Å². The number of nitrogens with one attached hydrogen (secondary N) is 1. The predicted molar refractivity (Wildman–Crippen MR) is 109 cm³/mol. The van der Waals surface area contributed by atoms with Gasteiger partial charge in [0.05, 0.1) is 18.8 Å². The highest BCUT2D eigenvalue weighted by molar-refractivity contribution is 5.75. The summed E-state index contributed by atoms with van der Waals surface area (Å²) in [7, 11) is 0. The van der Waals surface area contributed by atoms with E-state index in [1.807, 2.05) is 54.6 Å². The van der Waals surface area contributed by atoms with Crippen molar-refractivity contribution in [1.82, 2.24) is 9.88 Å². The molecule has 31 heavy (non-hydrogen) atoms. The van der Waals surface area contributed by atoms with Crippen molar-refractivity contribution in [2.45, 2.75) is 32.5 Å². The molecule has 1 amide bonds. The fourth-order valence-electron chi connectivity index (χ4n) is 2.85. The highest BCUT2D eigenvalue weighted by atomic mass is 19.4. The average molecular weight is 430 g/mol. The molecular formula is C23H21F3N2O3. The molecule has 0 aliphatic rings. The summed E-state index contributed by atoms with van der Waals surface area (Å²) in [5.41, 5.74) is 1.22. The minimum Gasteiger partial charge on any atom is -0.372 e. The number of benzene rings is 2. The lowest BCUT2D eigenvalue weighted by molar-refractivity contribution is -0.138. The Morgan fingerprint density at radius 2 is 1.48 bits per heavy atom. The second kappa shape index (κ2) is 10.1. The molecule has 1 N–H and O–H groups in total. The van der Waals surface area contributed by atoms with Crippen LogP contribution in [0.3, 0.4) is 0 Å². The van der Waals surface area contributed by atoms with Crippen molar-refractivity contribution >= 4 is 5.91 Å². The largest absolute Gasteiger partial charge is 0.417 e. The molecule has 0 fully saturated rings. The summed E-state index contributed by atoms with van der Waals surface area (Å²) in [5, 5.41) is 2.61. The molecule has 3 aromatic rings. The zero-order valence-corrected chi connectivity index (χ0v) is 16.6. The number of halogens is 3. The molecular weight excluding hydrogens is 409 g/mol. The second-order valence-corrected chi connectivity index (χ2v) is 6.95. The number of alkyl halides is 3. The highest BCUT2D eigenvalue weighted by Crippen LogP contribution is 2.27. The quantitative estimate of drug-likeness (QED) is 0.590. The van der Waals surface area contributed by atoms with E-state index in [4.69, 9.17) is 4.74 Å². The molecule has 0 aliphatic carbocycles. The Kier molecular flexibility index (Phi) is 7.25. The third-order valence-electron chi connectivity index (χ3n) is 4.52. The molecule has 0 aliphatic heterocycles. The molecule has 2 aromatic carbocycles. The summed E-state index contributed by atoms with van der Waals surface area (Å²) in [6, 6.07) is 18.7. The molecule has 162 valence electrons. The Hall–Kier alpha value is -3.39. The number of aromatic nitrogens is 1. The van der Waals surface area contributed by atoms with Gasteiger partial charge in [-0.25, -0.2) is 0 Å². The van der Waals surface area contributed by atoms with Crippen molar-refractivity contribution in [3.8, 4) is 0 Å². The van der Waals surface area contributed by atoms with Crippen molar-refractivity contribution in [1.29, 1.82) is 0 Å². The van der Waals surface area contributed by atoms with Crippen LogP contribution in [0.4, 0.5) is 13.2 Å². The highest BCUT2D eigenvalue weighted by Gasteiger charge is 2.31. The summed E-state index contributed by atoms with van der Waals surface area (Å²) in [6.45, 7) is 0.652. The normalized spacial score (nSPS) is 11.3. The van der Waals surface area contributed by atoms with E-state index < -0.39 is 29.8 Å². The van der Waals surface area contributed by atoms with Crippen LogP contribution in [0.1, 0.15) is 22.3 Å². The van der Waals surface area contributed by atoms with Crippen molar-refractivity contribution in [2.75, 3.05) is 0 Å². The third kappa shape index (κ3) is 6.82. The first-order valence-electron chi connectivity index (χ1n) is 9.55. The lowest BCUT2D eigenvalue weighted by Crippen LogP contribution is -2.32. The van der Waals surface area contributed by atoms with Gasteiger partial charge in [-0.15, -0.1) is 0 Å². The number of amides is 1. The molecule has 1 aromatic heterocycles. The van der Waals surface area contributed by atoms with Gasteiger partial charge in [-0.1, -0.05) is 54.6 Å². The van der Waals surface area contributed by atoms with Gasteiger partial charge in [0, 0.05) is 18.8 Å². The molecule has 3 rings (SSSR count). The Morgan fingerprint density at radius 1 is 0.871 bits per heavy atom. The van der Waals surface area contributed by atoms with Gasteiger partial charge in [0.25, 0.3) is 5.56 Å². The SMILES string of the molecule is O=C(Cn1cc(C(F)(F)F)ccc1=O)NCc1ccc(COCc2ccccc2)cc1. The Labute approximate surface area is 177 Å². The van der Waals surface area contributed by atoms with E-state index in [0.717, 1.165) is 27.3 Å². The van der Waals surface area contributed by atoms with Crippen LogP contribution in [-0.4, -0.2) is 10.5 Å². The molecule has 0 atom stereocenters. The van der Waals surface area contributed by atoms with Crippen molar-refractivity contribution in [2.24, 2.45) is 0 Å². The maximum absolute atomic E-state index is 12.8. The summed E-state index contributed by atoms with van der Waals surface area (Å²) in [4.78, 5) is 23.8. The topological polar surface area (TPSA) is 60.3 Å². The molecule has 1 heterocycles. The first-order chi connectivity index (χ1) is 14.8. The van der Waals surface area contributed by atoms with E-state index in [9.17, 15) is 22.8 Å². The predicted octanol–water partition coefficient (Wildman–Crippen LogP) is 3.90. The van der Waals surface area contributed by atoms with E-state index in [-0.39, 0.29) is 6.54 Å². The van der Waals surface area contributed by atoms with Crippen molar-refractivity contribution in [3.05, 3.63) is 106 Å². The van der Waals surface area contributed by atoms with Gasteiger partial charge in [-0.05, 0) is 22.8 Å². The van der Waals surface area contributed by atoms with Crippen LogP contribution >= 0.6 is 0 Å². The number of nitrogens with zero attached hydrogens (tertiary/aromatic N) is 1. The number of carbonyl (C=O) groups is 1. The van der Waals surface area contributed by atoms with Gasteiger partial charge >= 0.3 is 6.18 Å². The van der Waals surface area contributed by atoms with E-state index in [1.165, 1.54) is 0 Å². The number of pyridine rings is 1. The maximum atomic E-state index is 12.8. The third-order valence-corrected chi connectivity index (χ3v) is 4.52. The van der Waals surface area contributed by atoms with Crippen LogP contribution in [0.25, 0.3) is 0 Å². The van der Waals surface area contributed by atoms with Crippen LogP contribution in [-0.2, 0) is 42.0 Å². The zero-order valence-electron chi connectivity index (χ0n) is 16.6. The van der Waals surface area contributed by atoms with E-state index in [2.05, 4.69) is 5.32 Å². The first kappa shape index (κ1) is 22.3. The van der Waals surface area contributed by atoms with E-state index in [1.54, 1.807) is 0 Å². The van der Waals surface area contributed by atoms with Gasteiger partial charge in [-0.2, -0.15) is 13.2 Å². The van der Waals surface area contributed by atoms with Crippen LogP contribution in [0.5, 0.6) is 0 Å². The minimum absolute atomic E-state index is 0.192.